The van der Waals surface area contributed by atoms with Crippen molar-refractivity contribution in [2.24, 2.45) is 0 Å². The quantitative estimate of drug-likeness (QED) is 0.492. The van der Waals surface area contributed by atoms with Crippen LogP contribution in [-0.4, -0.2) is 84.7 Å². The minimum Gasteiger partial charge on any atom is -0.483 e. The van der Waals surface area contributed by atoms with Gasteiger partial charge in [0.2, 0.25) is 5.91 Å². The predicted octanol–water partition coefficient (Wildman–Crippen LogP) is 1.59. The number of piperazine rings is 1. The smallest absolute Gasteiger partial charge is 0.425 e. The maximum atomic E-state index is 13.3. The lowest BCUT2D eigenvalue weighted by Gasteiger charge is -2.36. The highest BCUT2D eigenvalue weighted by Crippen LogP contribution is 2.33. The maximum Gasteiger partial charge on any atom is 0.425 e. The Labute approximate surface area is 210 Å². The lowest BCUT2D eigenvalue weighted by Crippen LogP contribution is -2.49. The van der Waals surface area contributed by atoms with Crippen LogP contribution in [0, 0.1) is 11.3 Å². The first kappa shape index (κ1) is 27.9. The molecule has 2 unspecified atom stereocenters. The zero-order valence-corrected chi connectivity index (χ0v) is 20.3. The molecule has 2 atom stereocenters. The molecule has 37 heavy (non-hydrogen) atoms. The van der Waals surface area contributed by atoms with E-state index in [-0.39, 0.29) is 25.5 Å². The molecule has 0 spiro atoms. The van der Waals surface area contributed by atoms with Crippen molar-refractivity contribution >= 4 is 11.7 Å². The van der Waals surface area contributed by atoms with Crippen molar-refractivity contribution in [1.29, 1.82) is 5.26 Å². The number of hydrogen-bond donors (Lipinski definition) is 1. The number of nitriles is 1. The number of anilines is 1. The van der Waals surface area contributed by atoms with Gasteiger partial charge in [-0.05, 0) is 19.1 Å². The van der Waals surface area contributed by atoms with Crippen molar-refractivity contribution in [2.45, 2.75) is 31.7 Å². The summed E-state index contributed by atoms with van der Waals surface area (Å²) in [5.41, 5.74) is -2.45. The van der Waals surface area contributed by atoms with Gasteiger partial charge in [-0.25, -0.2) is 10.1 Å². The molecule has 11 nitrogen and oxygen atoms in total. The molecule has 3 heterocycles. The SMILES string of the molecule is COCC(COC(C)CC(=O)N1CCN(c2ccc(C#N)cn2)CC1)Oc1cn[nH]c(=O)c1C(F)(F)F. The molecular formula is C23H27F3N6O5. The molecule has 1 aliphatic rings. The second-order valence-electron chi connectivity index (χ2n) is 8.36. The third-order valence-corrected chi connectivity index (χ3v) is 5.61. The molecule has 0 saturated carbocycles. The summed E-state index contributed by atoms with van der Waals surface area (Å²) in [5, 5.41) is 14.0. The summed E-state index contributed by atoms with van der Waals surface area (Å²) < 4.78 is 55.9. The first-order valence-electron chi connectivity index (χ1n) is 11.4. The van der Waals surface area contributed by atoms with E-state index in [4.69, 9.17) is 19.5 Å². The number of nitrogens with one attached hydrogen (secondary N) is 1. The van der Waals surface area contributed by atoms with Gasteiger partial charge in [-0.3, -0.25) is 9.59 Å². The molecule has 0 aromatic carbocycles. The van der Waals surface area contributed by atoms with E-state index in [1.165, 1.54) is 13.3 Å². The molecule has 0 bridgehead atoms. The van der Waals surface area contributed by atoms with Crippen molar-refractivity contribution in [1.82, 2.24) is 20.1 Å². The van der Waals surface area contributed by atoms with E-state index in [0.29, 0.717) is 31.7 Å². The Hall–Kier alpha value is -3.70. The van der Waals surface area contributed by atoms with E-state index < -0.39 is 35.3 Å². The molecule has 14 heteroatoms. The second kappa shape index (κ2) is 12.5. The predicted molar refractivity (Wildman–Crippen MR) is 124 cm³/mol. The van der Waals surface area contributed by atoms with Gasteiger partial charge in [-0.15, -0.1) is 0 Å². The highest BCUT2D eigenvalue weighted by molar-refractivity contribution is 5.77. The summed E-state index contributed by atoms with van der Waals surface area (Å²) in [7, 11) is 1.34. The standard InChI is InChI=1S/C23H27F3N6O5/c1-15(9-20(33)32-7-5-31(6-8-32)19-4-3-16(10-27)11-28-19)36-14-17(13-35-2)37-18-12-29-30-22(34)21(18)23(24,25)26/h3-4,11-12,15,17H,5-9,13-14H2,1-2H3,(H,30,34). The van der Waals surface area contributed by atoms with Crippen LogP contribution in [0.15, 0.2) is 29.3 Å². The van der Waals surface area contributed by atoms with Crippen LogP contribution in [-0.2, 0) is 20.4 Å². The van der Waals surface area contributed by atoms with Gasteiger partial charge < -0.3 is 24.0 Å². The van der Waals surface area contributed by atoms with Gasteiger partial charge in [0.15, 0.2) is 11.3 Å². The van der Waals surface area contributed by atoms with Gasteiger partial charge in [0.05, 0.1) is 37.5 Å². The summed E-state index contributed by atoms with van der Waals surface area (Å²) in [5.74, 6) is -0.126. The van der Waals surface area contributed by atoms with Crippen LogP contribution in [0.1, 0.15) is 24.5 Å². The molecule has 2 aromatic rings. The van der Waals surface area contributed by atoms with Crippen LogP contribution in [0.5, 0.6) is 5.75 Å². The van der Waals surface area contributed by atoms with Crippen molar-refractivity contribution in [3.05, 3.63) is 46.0 Å². The largest absolute Gasteiger partial charge is 0.483 e. The number of aromatic amines is 1. The number of nitrogens with zero attached hydrogens (tertiary/aromatic N) is 5. The Bertz CT molecular complexity index is 1140. The molecule has 1 fully saturated rings. The zero-order valence-electron chi connectivity index (χ0n) is 20.3. The Morgan fingerprint density at radius 2 is 1.95 bits per heavy atom. The van der Waals surface area contributed by atoms with E-state index in [2.05, 4.69) is 10.1 Å². The summed E-state index contributed by atoms with van der Waals surface area (Å²) >= 11 is 0. The molecule has 0 aliphatic carbocycles. The number of methoxy groups -OCH3 is 1. The van der Waals surface area contributed by atoms with Crippen LogP contribution in [0.3, 0.4) is 0 Å². The van der Waals surface area contributed by atoms with E-state index in [1.54, 1.807) is 29.1 Å². The third kappa shape index (κ3) is 7.64. The number of pyridine rings is 1. The van der Waals surface area contributed by atoms with Crippen LogP contribution in [0.4, 0.5) is 19.0 Å². The summed E-state index contributed by atoms with van der Waals surface area (Å²) in [6.07, 6.45) is -4.13. The lowest BCUT2D eigenvalue weighted by molar-refractivity contribution is -0.142. The van der Waals surface area contributed by atoms with Crippen molar-refractivity contribution in [2.75, 3.05) is 51.4 Å². The fourth-order valence-corrected chi connectivity index (χ4v) is 3.75. The molecule has 3 rings (SSSR count). The number of carbonyl (C=O) groups excluding carboxylic acids is 1. The lowest BCUT2D eigenvalue weighted by atomic mass is 10.2. The maximum absolute atomic E-state index is 13.3. The van der Waals surface area contributed by atoms with Crippen molar-refractivity contribution in [3.8, 4) is 11.8 Å². The van der Waals surface area contributed by atoms with Crippen molar-refractivity contribution < 1.29 is 32.2 Å². The van der Waals surface area contributed by atoms with Gasteiger partial charge in [-0.1, -0.05) is 0 Å². The topological polar surface area (TPSA) is 134 Å². The van der Waals surface area contributed by atoms with Gasteiger partial charge in [-0.2, -0.15) is 23.5 Å². The molecular weight excluding hydrogens is 497 g/mol. The van der Waals surface area contributed by atoms with E-state index in [0.717, 1.165) is 12.0 Å². The van der Waals surface area contributed by atoms with Crippen molar-refractivity contribution in [3.63, 3.8) is 0 Å². The molecule has 1 saturated heterocycles. The van der Waals surface area contributed by atoms with E-state index >= 15 is 0 Å². The van der Waals surface area contributed by atoms with Crippen LogP contribution in [0.2, 0.25) is 0 Å². The highest BCUT2D eigenvalue weighted by atomic mass is 19.4. The Morgan fingerprint density at radius 1 is 1.22 bits per heavy atom. The number of hydrogen-bond acceptors (Lipinski definition) is 9. The average Bonchev–Trinajstić information content (AvgIpc) is 2.87. The first-order chi connectivity index (χ1) is 17.6. The minimum absolute atomic E-state index is 0.0647. The second-order valence-corrected chi connectivity index (χ2v) is 8.36. The van der Waals surface area contributed by atoms with Crippen LogP contribution < -0.4 is 15.2 Å². The third-order valence-electron chi connectivity index (χ3n) is 5.61. The van der Waals surface area contributed by atoms with Gasteiger partial charge >= 0.3 is 6.18 Å². The molecule has 2 aromatic heterocycles. The van der Waals surface area contributed by atoms with Crippen LogP contribution >= 0.6 is 0 Å². The molecule has 200 valence electrons. The monoisotopic (exact) mass is 524 g/mol. The molecule has 1 amide bonds. The molecule has 1 aliphatic heterocycles. The fraction of sp³-hybridized carbons (Fsp3) is 0.522. The number of halogens is 3. The number of aromatic nitrogens is 3. The van der Waals surface area contributed by atoms with Gasteiger partial charge in [0.25, 0.3) is 5.56 Å². The fourth-order valence-electron chi connectivity index (χ4n) is 3.75. The Morgan fingerprint density at radius 3 is 2.54 bits per heavy atom. The Balaban J connectivity index is 1.50. The zero-order chi connectivity index (χ0) is 27.0. The van der Waals surface area contributed by atoms with E-state index in [9.17, 15) is 22.8 Å². The minimum atomic E-state index is -4.94. The average molecular weight is 525 g/mol. The normalized spacial score (nSPS) is 15.7. The number of amides is 1. The molecule has 1 N–H and O–H groups in total. The summed E-state index contributed by atoms with van der Waals surface area (Å²) in [4.78, 5) is 32.4. The van der Waals surface area contributed by atoms with E-state index in [1.807, 2.05) is 11.0 Å². The number of carbonyl (C=O) groups is 1. The summed E-state index contributed by atoms with van der Waals surface area (Å²) in [6, 6.07) is 5.48. The highest BCUT2D eigenvalue weighted by Gasteiger charge is 2.39. The first-order valence-corrected chi connectivity index (χ1v) is 11.4. The van der Waals surface area contributed by atoms with Crippen LogP contribution in [0.25, 0.3) is 0 Å². The number of alkyl halides is 3. The number of rotatable bonds is 10. The number of H-pyrrole nitrogens is 1. The van der Waals surface area contributed by atoms with Gasteiger partial charge in [0.1, 0.15) is 18.0 Å². The van der Waals surface area contributed by atoms with Gasteiger partial charge in [0, 0.05) is 39.5 Å². The Kier molecular flexibility index (Phi) is 9.42. The summed E-state index contributed by atoms with van der Waals surface area (Å²) in [6.45, 7) is 3.51. The molecule has 0 radical (unpaired) electrons. The number of ether oxygens (including phenoxy) is 3.